The lowest BCUT2D eigenvalue weighted by atomic mass is 10.0. The van der Waals surface area contributed by atoms with Gasteiger partial charge in [-0.2, -0.15) is 0 Å². The van der Waals surface area contributed by atoms with Crippen LogP contribution in [0, 0.1) is 13.8 Å². The van der Waals surface area contributed by atoms with Crippen LogP contribution in [0.5, 0.6) is 5.75 Å². The number of ether oxygens (including phenoxy) is 1. The van der Waals surface area contributed by atoms with Crippen LogP contribution in [0.3, 0.4) is 0 Å². The molecular formula is C16H25NO2. The van der Waals surface area contributed by atoms with Gasteiger partial charge in [0, 0.05) is 13.6 Å². The van der Waals surface area contributed by atoms with E-state index in [2.05, 4.69) is 13.0 Å². The first kappa shape index (κ1) is 15.5. The van der Waals surface area contributed by atoms with Gasteiger partial charge in [-0.15, -0.1) is 0 Å². The molecular weight excluding hydrogens is 238 g/mol. The van der Waals surface area contributed by atoms with E-state index in [0.717, 1.165) is 41.8 Å². The standard InChI is InChI=1S/C16H25NO2/c1-6-7-8-17(4)16(18)11-14-9-13(3)15(19-5)10-12(14)2/h9-10H,6-8,11H2,1-5H3. The number of unbranched alkanes of at least 4 members (excludes halogenated alkanes) is 1. The van der Waals surface area contributed by atoms with Gasteiger partial charge in [0.05, 0.1) is 13.5 Å². The minimum Gasteiger partial charge on any atom is -0.496 e. The minimum absolute atomic E-state index is 0.182. The first-order valence-corrected chi connectivity index (χ1v) is 6.87. The highest BCUT2D eigenvalue weighted by Crippen LogP contribution is 2.23. The SMILES string of the molecule is CCCCN(C)C(=O)Cc1cc(C)c(OC)cc1C. The normalized spacial score (nSPS) is 10.4. The Balaban J connectivity index is 2.77. The topological polar surface area (TPSA) is 29.5 Å². The molecule has 0 spiro atoms. The number of amides is 1. The lowest BCUT2D eigenvalue weighted by Gasteiger charge is -2.18. The van der Waals surface area contributed by atoms with E-state index in [1.54, 1.807) is 7.11 Å². The van der Waals surface area contributed by atoms with Gasteiger partial charge in [0.15, 0.2) is 0 Å². The van der Waals surface area contributed by atoms with Crippen molar-refractivity contribution in [3.8, 4) is 5.75 Å². The summed E-state index contributed by atoms with van der Waals surface area (Å²) >= 11 is 0. The van der Waals surface area contributed by atoms with Crippen molar-refractivity contribution in [2.24, 2.45) is 0 Å². The highest BCUT2D eigenvalue weighted by atomic mass is 16.5. The monoisotopic (exact) mass is 263 g/mol. The predicted octanol–water partition coefficient (Wildman–Crippen LogP) is 3.11. The summed E-state index contributed by atoms with van der Waals surface area (Å²) in [7, 11) is 3.55. The van der Waals surface area contributed by atoms with E-state index in [1.807, 2.05) is 31.9 Å². The molecule has 1 aromatic carbocycles. The zero-order valence-electron chi connectivity index (χ0n) is 12.7. The fraction of sp³-hybridized carbons (Fsp3) is 0.562. The first-order valence-electron chi connectivity index (χ1n) is 6.87. The van der Waals surface area contributed by atoms with Crippen LogP contribution in [-0.2, 0) is 11.2 Å². The molecule has 0 heterocycles. The van der Waals surface area contributed by atoms with Gasteiger partial charge in [-0.25, -0.2) is 0 Å². The maximum absolute atomic E-state index is 12.1. The Bertz CT molecular complexity index is 441. The molecule has 3 heteroatoms. The van der Waals surface area contributed by atoms with Gasteiger partial charge in [-0.3, -0.25) is 4.79 Å². The molecule has 0 aliphatic carbocycles. The zero-order chi connectivity index (χ0) is 14.4. The Morgan fingerprint density at radius 3 is 2.53 bits per heavy atom. The average Bonchev–Trinajstić information content (AvgIpc) is 2.39. The molecule has 3 nitrogen and oxygen atoms in total. The molecule has 19 heavy (non-hydrogen) atoms. The number of hydrogen-bond donors (Lipinski definition) is 0. The number of rotatable bonds is 6. The molecule has 0 atom stereocenters. The number of nitrogens with zero attached hydrogens (tertiary/aromatic N) is 1. The second kappa shape index (κ2) is 7.17. The van der Waals surface area contributed by atoms with Crippen LogP contribution >= 0.6 is 0 Å². The highest BCUT2D eigenvalue weighted by molar-refractivity contribution is 5.79. The Hall–Kier alpha value is -1.51. The summed E-state index contributed by atoms with van der Waals surface area (Å²) in [4.78, 5) is 14.0. The molecule has 0 aliphatic rings. The molecule has 0 fully saturated rings. The Morgan fingerprint density at radius 2 is 1.95 bits per heavy atom. The molecule has 0 radical (unpaired) electrons. The van der Waals surface area contributed by atoms with Crippen molar-refractivity contribution >= 4 is 5.91 Å². The number of carbonyl (C=O) groups excluding carboxylic acids is 1. The van der Waals surface area contributed by atoms with Crippen molar-refractivity contribution in [1.82, 2.24) is 4.90 Å². The lowest BCUT2D eigenvalue weighted by Crippen LogP contribution is -2.29. The maximum atomic E-state index is 12.1. The molecule has 0 saturated heterocycles. The van der Waals surface area contributed by atoms with Gasteiger partial charge in [-0.1, -0.05) is 19.4 Å². The van der Waals surface area contributed by atoms with Gasteiger partial charge >= 0.3 is 0 Å². The quantitative estimate of drug-likeness (QED) is 0.789. The second-order valence-electron chi connectivity index (χ2n) is 5.09. The third-order valence-electron chi connectivity index (χ3n) is 3.47. The van der Waals surface area contributed by atoms with Gasteiger partial charge in [-0.05, 0) is 43.0 Å². The van der Waals surface area contributed by atoms with Crippen molar-refractivity contribution in [3.63, 3.8) is 0 Å². The molecule has 106 valence electrons. The number of aryl methyl sites for hydroxylation is 2. The molecule has 1 aromatic rings. The molecule has 0 aliphatic heterocycles. The number of methoxy groups -OCH3 is 1. The van der Waals surface area contributed by atoms with Crippen molar-refractivity contribution in [3.05, 3.63) is 28.8 Å². The fourth-order valence-electron chi connectivity index (χ4n) is 2.08. The van der Waals surface area contributed by atoms with Crippen LogP contribution in [0.2, 0.25) is 0 Å². The number of carbonyl (C=O) groups is 1. The van der Waals surface area contributed by atoms with E-state index in [0.29, 0.717) is 6.42 Å². The van der Waals surface area contributed by atoms with Gasteiger partial charge in [0.1, 0.15) is 5.75 Å². The van der Waals surface area contributed by atoms with E-state index in [9.17, 15) is 4.79 Å². The van der Waals surface area contributed by atoms with E-state index >= 15 is 0 Å². The van der Waals surface area contributed by atoms with E-state index in [-0.39, 0.29) is 5.91 Å². The van der Waals surface area contributed by atoms with Crippen molar-refractivity contribution in [1.29, 1.82) is 0 Å². The Morgan fingerprint density at radius 1 is 1.26 bits per heavy atom. The summed E-state index contributed by atoms with van der Waals surface area (Å²) in [6, 6.07) is 4.06. The van der Waals surface area contributed by atoms with Crippen molar-refractivity contribution in [2.75, 3.05) is 20.7 Å². The summed E-state index contributed by atoms with van der Waals surface area (Å²) in [5.74, 6) is 1.06. The van der Waals surface area contributed by atoms with Crippen LogP contribution in [0.25, 0.3) is 0 Å². The summed E-state index contributed by atoms with van der Waals surface area (Å²) in [6.07, 6.45) is 2.64. The largest absolute Gasteiger partial charge is 0.496 e. The number of benzene rings is 1. The summed E-state index contributed by atoms with van der Waals surface area (Å²) in [5, 5.41) is 0. The fourth-order valence-corrected chi connectivity index (χ4v) is 2.08. The second-order valence-corrected chi connectivity index (χ2v) is 5.09. The smallest absolute Gasteiger partial charge is 0.226 e. The average molecular weight is 263 g/mol. The molecule has 0 saturated carbocycles. The van der Waals surface area contributed by atoms with Crippen LogP contribution < -0.4 is 4.74 Å². The number of likely N-dealkylation sites (N-methyl/N-ethyl adjacent to an activating group) is 1. The third kappa shape index (κ3) is 4.27. The Kier molecular flexibility index (Phi) is 5.87. The van der Waals surface area contributed by atoms with Crippen LogP contribution in [0.15, 0.2) is 12.1 Å². The van der Waals surface area contributed by atoms with Crippen molar-refractivity contribution < 1.29 is 9.53 Å². The van der Waals surface area contributed by atoms with E-state index < -0.39 is 0 Å². The maximum Gasteiger partial charge on any atom is 0.226 e. The lowest BCUT2D eigenvalue weighted by molar-refractivity contribution is -0.129. The molecule has 1 rings (SSSR count). The molecule has 0 bridgehead atoms. The van der Waals surface area contributed by atoms with Gasteiger partial charge in [0.2, 0.25) is 5.91 Å². The van der Waals surface area contributed by atoms with Gasteiger partial charge < -0.3 is 9.64 Å². The Labute approximate surface area is 116 Å². The summed E-state index contributed by atoms with van der Waals surface area (Å²) in [5.41, 5.74) is 3.28. The van der Waals surface area contributed by atoms with Gasteiger partial charge in [0.25, 0.3) is 0 Å². The highest BCUT2D eigenvalue weighted by Gasteiger charge is 2.12. The van der Waals surface area contributed by atoms with E-state index in [4.69, 9.17) is 4.74 Å². The van der Waals surface area contributed by atoms with E-state index in [1.165, 1.54) is 0 Å². The zero-order valence-corrected chi connectivity index (χ0v) is 12.7. The third-order valence-corrected chi connectivity index (χ3v) is 3.47. The first-order chi connectivity index (χ1) is 8.99. The molecule has 0 aromatic heterocycles. The van der Waals surface area contributed by atoms with Crippen LogP contribution in [0.1, 0.15) is 36.5 Å². The minimum atomic E-state index is 0.182. The van der Waals surface area contributed by atoms with Crippen LogP contribution in [0.4, 0.5) is 0 Å². The molecule has 0 unspecified atom stereocenters. The van der Waals surface area contributed by atoms with Crippen molar-refractivity contribution in [2.45, 2.75) is 40.0 Å². The summed E-state index contributed by atoms with van der Waals surface area (Å²) < 4.78 is 5.29. The predicted molar refractivity (Wildman–Crippen MR) is 78.7 cm³/mol. The number of hydrogen-bond acceptors (Lipinski definition) is 2. The van der Waals surface area contributed by atoms with Crippen LogP contribution in [-0.4, -0.2) is 31.5 Å². The summed E-state index contributed by atoms with van der Waals surface area (Å²) in [6.45, 7) is 7.00. The molecule has 0 N–H and O–H groups in total. The molecule has 1 amide bonds.